The number of hydrogen-bond donors (Lipinski definition) is 2. The summed E-state index contributed by atoms with van der Waals surface area (Å²) in [5, 5.41) is 6.21. The molecule has 2 N–H and O–H groups in total. The molecule has 3 aromatic heterocycles. The molecule has 0 spiro atoms. The van der Waals surface area contributed by atoms with Gasteiger partial charge in [0.1, 0.15) is 17.5 Å². The maximum atomic E-state index is 13.7. The first kappa shape index (κ1) is 50.4. The zero-order chi connectivity index (χ0) is 51.9. The number of benzene rings is 1. The van der Waals surface area contributed by atoms with E-state index in [9.17, 15) is 33.6 Å². The van der Waals surface area contributed by atoms with Gasteiger partial charge in [-0.3, -0.25) is 53.4 Å². The van der Waals surface area contributed by atoms with Crippen molar-refractivity contribution in [3.05, 3.63) is 75.3 Å². The average Bonchev–Trinajstić information content (AvgIpc) is 4.04. The molecule has 0 bridgehead atoms. The van der Waals surface area contributed by atoms with Crippen LogP contribution in [0.2, 0.25) is 0 Å². The molecule has 396 valence electrons. The van der Waals surface area contributed by atoms with Crippen LogP contribution in [0.5, 0.6) is 0 Å². The minimum Gasteiger partial charge on any atom is -0.369 e. The number of fused-ring (bicyclic) bond motifs is 2. The lowest BCUT2D eigenvalue weighted by Gasteiger charge is -2.41. The van der Waals surface area contributed by atoms with Crippen LogP contribution in [-0.4, -0.2) is 177 Å². The first-order valence-corrected chi connectivity index (χ1v) is 27.4. The van der Waals surface area contributed by atoms with E-state index in [1.165, 1.54) is 6.92 Å². The molecule has 5 saturated heterocycles. The van der Waals surface area contributed by atoms with E-state index in [2.05, 4.69) is 51.1 Å². The Kier molecular flexibility index (Phi) is 14.4. The number of hydrogen-bond acceptors (Lipinski definition) is 15. The van der Waals surface area contributed by atoms with E-state index in [1.54, 1.807) is 29.8 Å². The van der Waals surface area contributed by atoms with Crippen molar-refractivity contribution < 1.29 is 28.8 Å². The average molecular weight is 1020 g/mol. The molecule has 6 amide bonds. The van der Waals surface area contributed by atoms with Gasteiger partial charge in [-0.25, -0.2) is 14.8 Å². The van der Waals surface area contributed by atoms with Gasteiger partial charge in [0.2, 0.25) is 17.8 Å². The van der Waals surface area contributed by atoms with Crippen molar-refractivity contribution in [1.82, 2.24) is 49.3 Å². The van der Waals surface area contributed by atoms with Gasteiger partial charge in [-0.1, -0.05) is 12.8 Å². The number of anilines is 4. The fraction of sp³-hybridized carbons (Fsp3) is 0.564. The number of nitrogens with one attached hydrogen (secondary N) is 2. The van der Waals surface area contributed by atoms with Crippen molar-refractivity contribution in [3.63, 3.8) is 0 Å². The highest BCUT2D eigenvalue weighted by molar-refractivity contribution is 6.23. The molecule has 1 aromatic carbocycles. The van der Waals surface area contributed by atoms with Gasteiger partial charge in [-0.2, -0.15) is 4.98 Å². The number of carbonyl (C=O) groups excluding carboxylic acids is 6. The Morgan fingerprint density at radius 1 is 0.693 bits per heavy atom. The Balaban J connectivity index is 0.578. The van der Waals surface area contributed by atoms with Crippen molar-refractivity contribution in [2.24, 2.45) is 11.8 Å². The predicted octanol–water partition coefficient (Wildman–Crippen LogP) is 4.84. The number of Topliss-reactive ketones (excluding diaryl/α,β-unsaturated/α-hetero) is 1. The monoisotopic (exact) mass is 1020 g/mol. The molecule has 6 aliphatic heterocycles. The number of urea groups is 1. The standard InChI is InChI=1S/C55H69N13O7/c1-35-44-33-57-54(60-49(44)67(39-5-3-4-6-39)53(74)48(35)36(2)69)58-46-11-8-41(32-56-46)64-29-25-62(26-30-64)34-38-16-21-66(22-17-38)55(75)65-19-14-37(15-20-65)13-18-61-23-27-63(28-24-61)40-7-9-42-43(31-40)52(73)68(51(42)72)45-10-12-47(70)59-50(45)71/h7-9,11,31-33,37-39,45H,3-6,10,12-30,34H2,1-2H3,(H,59,70,71)(H,56,57,58,60). The molecule has 9 heterocycles. The third-order valence-corrected chi connectivity index (χ3v) is 17.3. The molecule has 20 nitrogen and oxygen atoms in total. The molecule has 11 rings (SSSR count). The summed E-state index contributed by atoms with van der Waals surface area (Å²) >= 11 is 0. The lowest BCUT2D eigenvalue weighted by molar-refractivity contribution is -0.136. The van der Waals surface area contributed by atoms with Crippen LogP contribution in [0.25, 0.3) is 11.0 Å². The predicted molar refractivity (Wildman–Crippen MR) is 283 cm³/mol. The highest BCUT2D eigenvalue weighted by Gasteiger charge is 2.45. The van der Waals surface area contributed by atoms with Gasteiger partial charge in [0.05, 0.1) is 28.6 Å². The molecule has 1 aliphatic carbocycles. The summed E-state index contributed by atoms with van der Waals surface area (Å²) in [6.07, 6.45) is 12.9. The highest BCUT2D eigenvalue weighted by Crippen LogP contribution is 2.34. The van der Waals surface area contributed by atoms with Gasteiger partial charge in [0.25, 0.3) is 17.4 Å². The van der Waals surface area contributed by atoms with Crippen molar-refractivity contribution in [2.45, 2.75) is 96.6 Å². The van der Waals surface area contributed by atoms with Crippen molar-refractivity contribution in [3.8, 4) is 0 Å². The number of imide groups is 2. The first-order valence-electron chi connectivity index (χ1n) is 27.4. The van der Waals surface area contributed by atoms with Crippen LogP contribution in [0.15, 0.2) is 47.5 Å². The number of pyridine rings is 2. The minimum atomic E-state index is -0.975. The molecule has 1 saturated carbocycles. The van der Waals surface area contributed by atoms with Crippen LogP contribution in [0.4, 0.5) is 27.9 Å². The fourth-order valence-corrected chi connectivity index (χ4v) is 12.8. The summed E-state index contributed by atoms with van der Waals surface area (Å²) in [4.78, 5) is 119. The van der Waals surface area contributed by atoms with E-state index in [-0.39, 0.29) is 41.8 Å². The Hall–Kier alpha value is -6.80. The van der Waals surface area contributed by atoms with Gasteiger partial charge < -0.3 is 24.9 Å². The molecule has 1 atom stereocenters. The van der Waals surface area contributed by atoms with E-state index in [0.29, 0.717) is 51.3 Å². The first-order chi connectivity index (χ1) is 36.4. The Labute approximate surface area is 436 Å². The molecular weight excluding hydrogens is 955 g/mol. The number of aryl methyl sites for hydroxylation is 1. The summed E-state index contributed by atoms with van der Waals surface area (Å²) in [7, 11) is 0. The van der Waals surface area contributed by atoms with Crippen LogP contribution in [-0.2, 0) is 9.59 Å². The topological polar surface area (TPSA) is 210 Å². The van der Waals surface area contributed by atoms with Crippen molar-refractivity contribution in [1.29, 1.82) is 0 Å². The summed E-state index contributed by atoms with van der Waals surface area (Å²) in [6.45, 7) is 15.7. The van der Waals surface area contributed by atoms with Crippen LogP contribution < -0.4 is 26.0 Å². The maximum Gasteiger partial charge on any atom is 0.319 e. The minimum absolute atomic E-state index is 0.00995. The van der Waals surface area contributed by atoms with E-state index in [1.807, 2.05) is 18.3 Å². The molecule has 20 heteroatoms. The van der Waals surface area contributed by atoms with Crippen LogP contribution in [0.3, 0.4) is 0 Å². The summed E-state index contributed by atoms with van der Waals surface area (Å²) < 4.78 is 1.72. The quantitative estimate of drug-likeness (QED) is 0.144. The molecule has 1 unspecified atom stereocenters. The van der Waals surface area contributed by atoms with E-state index < -0.39 is 29.7 Å². The number of rotatable bonds is 12. The maximum absolute atomic E-state index is 13.7. The zero-order valence-corrected chi connectivity index (χ0v) is 43.3. The number of carbonyl (C=O) groups is 6. The molecule has 6 fully saturated rings. The van der Waals surface area contributed by atoms with Crippen molar-refractivity contribution in [2.75, 3.05) is 107 Å². The summed E-state index contributed by atoms with van der Waals surface area (Å²) in [5.74, 6) is -0.0768. The van der Waals surface area contributed by atoms with Crippen LogP contribution in [0.1, 0.15) is 120 Å². The van der Waals surface area contributed by atoms with Gasteiger partial charge in [0, 0.05) is 115 Å². The number of piperidine rings is 3. The van der Waals surface area contributed by atoms with Gasteiger partial charge in [0.15, 0.2) is 5.78 Å². The second-order valence-electron chi connectivity index (χ2n) is 21.9. The molecule has 0 radical (unpaired) electrons. The van der Waals surface area contributed by atoms with Crippen molar-refractivity contribution >= 4 is 69.6 Å². The molecule has 7 aliphatic rings. The normalized spacial score (nSPS) is 21.9. The second kappa shape index (κ2) is 21.4. The largest absolute Gasteiger partial charge is 0.369 e. The van der Waals surface area contributed by atoms with Gasteiger partial charge in [-0.05, 0) is 119 Å². The molecule has 4 aromatic rings. The van der Waals surface area contributed by atoms with E-state index in [4.69, 9.17) is 9.97 Å². The molecular formula is C55H69N13O7. The number of amides is 6. The van der Waals surface area contributed by atoms with Crippen LogP contribution >= 0.6 is 0 Å². The van der Waals surface area contributed by atoms with Crippen LogP contribution in [0, 0.1) is 18.8 Å². The third-order valence-electron chi connectivity index (χ3n) is 17.3. The zero-order valence-electron chi connectivity index (χ0n) is 43.3. The van der Waals surface area contributed by atoms with Gasteiger partial charge >= 0.3 is 6.03 Å². The highest BCUT2D eigenvalue weighted by atomic mass is 16.2. The SMILES string of the molecule is CC(=O)c1c(C)c2cnc(Nc3ccc(N4CCN(CC5CCN(C(=O)N6CCC(CCN7CCN(c8ccc9c(c8)C(=O)N(C8CCC(=O)NC8=O)C9=O)CC7)CC6)CC5)CC4)cn3)nc2n(C2CCCC2)c1=O. The lowest BCUT2D eigenvalue weighted by Crippen LogP contribution is -2.54. The lowest BCUT2D eigenvalue weighted by atomic mass is 9.93. The summed E-state index contributed by atoms with van der Waals surface area (Å²) in [5.41, 5.74) is 3.67. The Morgan fingerprint density at radius 3 is 1.99 bits per heavy atom. The number of nitrogens with zero attached hydrogens (tertiary/aromatic N) is 11. The summed E-state index contributed by atoms with van der Waals surface area (Å²) in [6, 6.07) is 8.58. The van der Waals surface area contributed by atoms with E-state index in [0.717, 1.165) is 166 Å². The Morgan fingerprint density at radius 2 is 1.33 bits per heavy atom. The number of likely N-dealkylation sites (tertiary alicyclic amines) is 2. The number of aromatic nitrogens is 4. The molecule has 75 heavy (non-hydrogen) atoms. The number of ketones is 1. The fourth-order valence-electron chi connectivity index (χ4n) is 12.8. The third kappa shape index (κ3) is 10.3. The van der Waals surface area contributed by atoms with E-state index >= 15 is 0 Å². The number of piperazine rings is 2. The Bertz CT molecular complexity index is 2930. The van der Waals surface area contributed by atoms with Gasteiger partial charge in [-0.15, -0.1) is 0 Å². The smallest absolute Gasteiger partial charge is 0.319 e. The second-order valence-corrected chi connectivity index (χ2v) is 21.9.